The van der Waals surface area contributed by atoms with Crippen LogP contribution in [0.4, 0.5) is 0 Å². The minimum atomic E-state index is -0.704. The topological polar surface area (TPSA) is 57.5 Å². The molecular formula is C22H32O3. The lowest BCUT2D eigenvalue weighted by Crippen LogP contribution is -2.15. The Balaban J connectivity index is 1.82. The molecule has 2 saturated carbocycles. The number of hydrogen-bond donors (Lipinski definition) is 2. The monoisotopic (exact) mass is 344 g/mol. The highest BCUT2D eigenvalue weighted by Gasteiger charge is 2.39. The maximum absolute atomic E-state index is 10.6. The third-order valence-corrected chi connectivity index (χ3v) is 5.82. The number of allylic oxidation sites excluding steroid dienone is 3. The maximum atomic E-state index is 10.6. The zero-order valence-corrected chi connectivity index (χ0v) is 15.6. The lowest BCUT2D eigenvalue weighted by Gasteiger charge is -2.17. The number of carboxylic acid groups (broad SMARTS) is 1. The fourth-order valence-electron chi connectivity index (χ4n) is 4.27. The van der Waals surface area contributed by atoms with Gasteiger partial charge < -0.3 is 10.2 Å². The summed E-state index contributed by atoms with van der Waals surface area (Å²) in [6.07, 6.45) is 13.6. The molecule has 5 atom stereocenters. The highest BCUT2D eigenvalue weighted by atomic mass is 16.4. The number of aliphatic hydroxyl groups is 1. The second-order valence-corrected chi connectivity index (χ2v) is 7.71. The SMILES string of the molecule is CC#CC[C@H](C)[C@H](O)/C=C/[C@H]1CC[C@@H]2C/C(=C\CCCC(=O)O)C[C@@H]21. The molecule has 0 aromatic carbocycles. The molecular weight excluding hydrogens is 312 g/mol. The van der Waals surface area contributed by atoms with E-state index < -0.39 is 12.1 Å². The van der Waals surface area contributed by atoms with Gasteiger partial charge in [0.2, 0.25) is 0 Å². The van der Waals surface area contributed by atoms with Crippen molar-refractivity contribution in [3.8, 4) is 11.8 Å². The van der Waals surface area contributed by atoms with Crippen LogP contribution in [-0.2, 0) is 4.79 Å². The molecule has 0 radical (unpaired) electrons. The summed E-state index contributed by atoms with van der Waals surface area (Å²) in [5, 5.41) is 19.0. The number of carbonyl (C=O) groups is 1. The van der Waals surface area contributed by atoms with E-state index in [1.807, 2.05) is 19.9 Å². The number of aliphatic carboxylic acids is 1. The predicted molar refractivity (Wildman–Crippen MR) is 101 cm³/mol. The molecule has 0 unspecified atom stereocenters. The summed E-state index contributed by atoms with van der Waals surface area (Å²) >= 11 is 0. The molecule has 0 spiro atoms. The summed E-state index contributed by atoms with van der Waals surface area (Å²) < 4.78 is 0. The van der Waals surface area contributed by atoms with Gasteiger partial charge in [-0.25, -0.2) is 0 Å². The minimum absolute atomic E-state index is 0.175. The first-order valence-corrected chi connectivity index (χ1v) is 9.67. The van der Waals surface area contributed by atoms with E-state index in [4.69, 9.17) is 5.11 Å². The van der Waals surface area contributed by atoms with Crippen LogP contribution in [0.15, 0.2) is 23.8 Å². The number of rotatable bonds is 8. The average Bonchev–Trinajstić information content (AvgIpc) is 3.14. The van der Waals surface area contributed by atoms with Crippen molar-refractivity contribution in [3.05, 3.63) is 23.8 Å². The van der Waals surface area contributed by atoms with Crippen molar-refractivity contribution in [1.82, 2.24) is 0 Å². The average molecular weight is 344 g/mol. The summed E-state index contributed by atoms with van der Waals surface area (Å²) in [5.74, 6) is 7.47. The highest BCUT2D eigenvalue weighted by molar-refractivity contribution is 5.66. The van der Waals surface area contributed by atoms with E-state index in [2.05, 4.69) is 24.0 Å². The number of fused-ring (bicyclic) bond motifs is 1. The van der Waals surface area contributed by atoms with E-state index in [9.17, 15) is 9.90 Å². The second-order valence-electron chi connectivity index (χ2n) is 7.71. The predicted octanol–water partition coefficient (Wildman–Crippen LogP) is 4.57. The van der Waals surface area contributed by atoms with Crippen molar-refractivity contribution in [3.63, 3.8) is 0 Å². The van der Waals surface area contributed by atoms with Gasteiger partial charge in [0, 0.05) is 12.8 Å². The summed E-state index contributed by atoms with van der Waals surface area (Å²) in [5.41, 5.74) is 1.52. The van der Waals surface area contributed by atoms with Gasteiger partial charge in [-0.15, -0.1) is 11.8 Å². The van der Waals surface area contributed by atoms with E-state index in [1.165, 1.54) is 24.8 Å². The zero-order chi connectivity index (χ0) is 18.2. The van der Waals surface area contributed by atoms with E-state index in [1.54, 1.807) is 0 Å². The van der Waals surface area contributed by atoms with E-state index >= 15 is 0 Å². The van der Waals surface area contributed by atoms with Crippen molar-refractivity contribution >= 4 is 5.97 Å². The Hall–Kier alpha value is -1.53. The fraction of sp³-hybridized carbons (Fsp3) is 0.682. The van der Waals surface area contributed by atoms with Crippen LogP contribution in [0.2, 0.25) is 0 Å². The van der Waals surface area contributed by atoms with Crippen LogP contribution in [0.5, 0.6) is 0 Å². The van der Waals surface area contributed by atoms with Gasteiger partial charge in [-0.3, -0.25) is 4.79 Å². The van der Waals surface area contributed by atoms with Gasteiger partial charge in [0.15, 0.2) is 0 Å². The van der Waals surface area contributed by atoms with E-state index in [0.29, 0.717) is 11.8 Å². The third-order valence-electron chi connectivity index (χ3n) is 5.82. The Kier molecular flexibility index (Phi) is 7.78. The Bertz CT molecular complexity index is 564. The molecule has 138 valence electrons. The van der Waals surface area contributed by atoms with Crippen LogP contribution >= 0.6 is 0 Å². The van der Waals surface area contributed by atoms with Gasteiger partial charge in [0.05, 0.1) is 6.10 Å². The number of unbranched alkanes of at least 4 members (excludes halogenated alkanes) is 1. The van der Waals surface area contributed by atoms with Crippen molar-refractivity contribution in [2.45, 2.75) is 71.3 Å². The maximum Gasteiger partial charge on any atom is 0.303 e. The van der Waals surface area contributed by atoms with Gasteiger partial charge in [0.1, 0.15) is 0 Å². The molecule has 2 fully saturated rings. The molecule has 25 heavy (non-hydrogen) atoms. The van der Waals surface area contributed by atoms with Gasteiger partial charge in [-0.05, 0) is 69.1 Å². The lowest BCUT2D eigenvalue weighted by molar-refractivity contribution is -0.137. The molecule has 0 saturated heterocycles. The first kappa shape index (κ1) is 19.8. The van der Waals surface area contributed by atoms with Gasteiger partial charge in [-0.1, -0.05) is 30.7 Å². The van der Waals surface area contributed by atoms with E-state index in [0.717, 1.165) is 31.6 Å². The van der Waals surface area contributed by atoms with Crippen molar-refractivity contribution in [2.75, 3.05) is 0 Å². The molecule has 0 amide bonds. The van der Waals surface area contributed by atoms with Gasteiger partial charge in [-0.2, -0.15) is 0 Å². The molecule has 0 aromatic heterocycles. The molecule has 0 aromatic rings. The quantitative estimate of drug-likeness (QED) is 0.385. The summed E-state index contributed by atoms with van der Waals surface area (Å²) in [7, 11) is 0. The van der Waals surface area contributed by atoms with Crippen LogP contribution in [0, 0.1) is 35.5 Å². The normalized spacial score (nSPS) is 29.4. The number of hydrogen-bond acceptors (Lipinski definition) is 2. The van der Waals surface area contributed by atoms with Gasteiger partial charge >= 0.3 is 5.97 Å². The third kappa shape index (κ3) is 6.04. The fourth-order valence-corrected chi connectivity index (χ4v) is 4.27. The molecule has 2 rings (SSSR count). The van der Waals surface area contributed by atoms with Crippen LogP contribution < -0.4 is 0 Å². The Morgan fingerprint density at radius 3 is 2.88 bits per heavy atom. The first-order chi connectivity index (χ1) is 12.0. The van der Waals surface area contributed by atoms with Crippen LogP contribution in [0.1, 0.15) is 65.2 Å². The molecule has 0 heterocycles. The first-order valence-electron chi connectivity index (χ1n) is 9.67. The Morgan fingerprint density at radius 1 is 1.36 bits per heavy atom. The largest absolute Gasteiger partial charge is 0.481 e. The minimum Gasteiger partial charge on any atom is -0.481 e. The molecule has 2 aliphatic carbocycles. The van der Waals surface area contributed by atoms with Crippen molar-refractivity contribution in [1.29, 1.82) is 0 Å². The summed E-state index contributed by atoms with van der Waals surface area (Å²) in [4.78, 5) is 10.6. The lowest BCUT2D eigenvalue weighted by atomic mass is 9.90. The molecule has 3 heteroatoms. The molecule has 2 N–H and O–H groups in total. The van der Waals surface area contributed by atoms with E-state index in [-0.39, 0.29) is 12.3 Å². The summed E-state index contributed by atoms with van der Waals surface area (Å²) in [6, 6.07) is 0. The Morgan fingerprint density at radius 2 is 2.16 bits per heavy atom. The molecule has 2 aliphatic rings. The van der Waals surface area contributed by atoms with Crippen LogP contribution in [0.25, 0.3) is 0 Å². The molecule has 0 aliphatic heterocycles. The van der Waals surface area contributed by atoms with Crippen LogP contribution in [-0.4, -0.2) is 22.3 Å². The van der Waals surface area contributed by atoms with Crippen molar-refractivity contribution < 1.29 is 15.0 Å². The smallest absolute Gasteiger partial charge is 0.303 e. The summed E-state index contributed by atoms with van der Waals surface area (Å²) in [6.45, 7) is 3.88. The van der Waals surface area contributed by atoms with Crippen LogP contribution in [0.3, 0.4) is 0 Å². The molecule has 3 nitrogen and oxygen atoms in total. The number of aliphatic hydroxyl groups excluding tert-OH is 1. The highest BCUT2D eigenvalue weighted by Crippen LogP contribution is 2.50. The second kappa shape index (κ2) is 9.82. The van der Waals surface area contributed by atoms with Crippen molar-refractivity contribution in [2.24, 2.45) is 23.7 Å². The standard InChI is InChI=1S/C22H32O3/c1-3-4-7-16(2)21(23)13-12-18-10-11-19-14-17(15-20(18)19)8-5-6-9-22(24)25/h8,12-13,16,18-21,23H,5-7,9-11,14-15H2,1-2H3,(H,24,25)/b13-12+,17-8+/t16-,18+,19+,20+,21+/m0/s1. The molecule has 0 bridgehead atoms. The van der Waals surface area contributed by atoms with Gasteiger partial charge in [0.25, 0.3) is 0 Å². The number of carboxylic acids is 1. The Labute approximate surface area is 152 Å². The zero-order valence-electron chi connectivity index (χ0n) is 15.6.